The van der Waals surface area contributed by atoms with Crippen molar-refractivity contribution in [2.75, 3.05) is 32.7 Å². The van der Waals surface area contributed by atoms with E-state index in [1.807, 2.05) is 35.2 Å². The summed E-state index contributed by atoms with van der Waals surface area (Å²) in [7, 11) is 0. The predicted octanol–water partition coefficient (Wildman–Crippen LogP) is 0.354. The average Bonchev–Trinajstić information content (AvgIpc) is 3.10. The van der Waals surface area contributed by atoms with Crippen LogP contribution in [-0.4, -0.2) is 48.6 Å². The lowest BCUT2D eigenvalue weighted by Gasteiger charge is -2.32. The van der Waals surface area contributed by atoms with E-state index in [0.29, 0.717) is 25.4 Å². The van der Waals surface area contributed by atoms with Crippen molar-refractivity contribution in [2.24, 2.45) is 0 Å². The highest BCUT2D eigenvalue weighted by Crippen LogP contribution is 2.10. The number of rotatable bonds is 4. The zero-order chi connectivity index (χ0) is 15.4. The van der Waals surface area contributed by atoms with Crippen LogP contribution in [0.2, 0.25) is 0 Å². The number of nitrogens with one attached hydrogen (secondary N) is 1. The highest BCUT2D eigenvalue weighted by atomic mass is 16.3. The first kappa shape index (κ1) is 14.8. The molecule has 2 N–H and O–H groups in total. The van der Waals surface area contributed by atoms with Crippen LogP contribution >= 0.6 is 0 Å². The number of furan rings is 1. The number of nitrogens with zero attached hydrogens (tertiary/aromatic N) is 1. The zero-order valence-corrected chi connectivity index (χ0v) is 12.4. The second kappa shape index (κ2) is 6.77. The topological polar surface area (TPSA) is 58.1 Å². The third kappa shape index (κ3) is 3.37. The molecule has 0 aliphatic carbocycles. The lowest BCUT2D eigenvalue weighted by molar-refractivity contribution is -0.907. The first-order chi connectivity index (χ1) is 10.7. The molecule has 0 unspecified atom stereocenters. The Hall–Kier alpha value is -2.11. The van der Waals surface area contributed by atoms with Crippen molar-refractivity contribution in [3.63, 3.8) is 0 Å². The maximum absolute atomic E-state index is 12.2. The molecule has 5 nitrogen and oxygen atoms in total. The molecule has 22 heavy (non-hydrogen) atoms. The summed E-state index contributed by atoms with van der Waals surface area (Å²) in [5.41, 5.74) is 0.948. The highest BCUT2D eigenvalue weighted by Gasteiger charge is 2.27. The van der Waals surface area contributed by atoms with Gasteiger partial charge in [-0.25, -0.2) is 0 Å². The summed E-state index contributed by atoms with van der Waals surface area (Å²) >= 11 is 0. The van der Waals surface area contributed by atoms with Crippen LogP contribution in [0, 0.1) is 0 Å². The number of amides is 1. The molecule has 5 heteroatoms. The Morgan fingerprint density at radius 2 is 1.91 bits per heavy atom. The van der Waals surface area contributed by atoms with E-state index in [-0.39, 0.29) is 5.91 Å². The molecule has 2 aromatic rings. The Labute approximate surface area is 129 Å². The standard InChI is InChI=1S/C17H20N2O3/c20-15(14-5-2-1-3-6-14)13-18-8-10-19(11-9-18)17(21)16-7-4-12-22-16/h1-7,12,15,20H,8-11,13H2/p+1/t15-/m1/s1. The van der Waals surface area contributed by atoms with E-state index in [0.717, 1.165) is 18.7 Å². The maximum Gasteiger partial charge on any atom is 0.289 e. The molecule has 0 bridgehead atoms. The van der Waals surface area contributed by atoms with Crippen LogP contribution in [0.15, 0.2) is 53.1 Å². The zero-order valence-electron chi connectivity index (χ0n) is 12.4. The minimum absolute atomic E-state index is 0.0485. The summed E-state index contributed by atoms with van der Waals surface area (Å²) in [6.07, 6.45) is 1.06. The number of hydrogen-bond donors (Lipinski definition) is 2. The molecule has 2 heterocycles. The predicted molar refractivity (Wildman–Crippen MR) is 81.6 cm³/mol. The van der Waals surface area contributed by atoms with Crippen molar-refractivity contribution >= 4 is 5.91 Å². The van der Waals surface area contributed by atoms with Crippen molar-refractivity contribution in [1.29, 1.82) is 0 Å². The number of quaternary nitrogens is 1. The number of carbonyl (C=O) groups excluding carboxylic acids is 1. The molecule has 1 saturated heterocycles. The van der Waals surface area contributed by atoms with Gasteiger partial charge in [0, 0.05) is 0 Å². The van der Waals surface area contributed by atoms with Crippen LogP contribution in [-0.2, 0) is 0 Å². The molecule has 0 saturated carbocycles. The van der Waals surface area contributed by atoms with E-state index in [1.54, 1.807) is 12.1 Å². The fraction of sp³-hybridized carbons (Fsp3) is 0.353. The van der Waals surface area contributed by atoms with Crippen LogP contribution < -0.4 is 4.90 Å². The van der Waals surface area contributed by atoms with Gasteiger partial charge in [0.25, 0.3) is 5.91 Å². The Bertz CT molecular complexity index is 590. The Morgan fingerprint density at radius 1 is 1.18 bits per heavy atom. The molecule has 3 rings (SSSR count). The van der Waals surface area contributed by atoms with Gasteiger partial charge in [-0.1, -0.05) is 30.3 Å². The summed E-state index contributed by atoms with van der Waals surface area (Å²) in [6, 6.07) is 13.1. The maximum atomic E-state index is 12.2. The van der Waals surface area contributed by atoms with Crippen LogP contribution in [0.4, 0.5) is 0 Å². The number of benzene rings is 1. The van der Waals surface area contributed by atoms with Gasteiger partial charge in [-0.15, -0.1) is 0 Å². The van der Waals surface area contributed by atoms with Gasteiger partial charge in [0.15, 0.2) is 5.76 Å². The molecule has 0 spiro atoms. The first-order valence-corrected chi connectivity index (χ1v) is 7.63. The molecule has 1 fully saturated rings. The minimum atomic E-state index is -0.455. The summed E-state index contributed by atoms with van der Waals surface area (Å²) in [4.78, 5) is 15.3. The smallest absolute Gasteiger partial charge is 0.289 e. The minimum Gasteiger partial charge on any atom is -0.459 e. The van der Waals surface area contributed by atoms with Gasteiger partial charge in [-0.05, 0) is 17.7 Å². The first-order valence-electron chi connectivity index (χ1n) is 7.63. The number of piperazine rings is 1. The fourth-order valence-electron chi connectivity index (χ4n) is 2.85. The largest absolute Gasteiger partial charge is 0.459 e. The SMILES string of the molecule is O=C(c1ccco1)N1CC[NH+](C[C@@H](O)c2ccccc2)CC1. The van der Waals surface area contributed by atoms with Crippen molar-refractivity contribution in [2.45, 2.75) is 6.10 Å². The molecular formula is C17H21N2O3+. The molecule has 1 amide bonds. The van der Waals surface area contributed by atoms with Crippen LogP contribution in [0.25, 0.3) is 0 Å². The van der Waals surface area contributed by atoms with E-state index < -0.39 is 6.10 Å². The van der Waals surface area contributed by atoms with Crippen LogP contribution in [0.5, 0.6) is 0 Å². The number of aliphatic hydroxyl groups is 1. The lowest BCUT2D eigenvalue weighted by Crippen LogP contribution is -3.15. The Morgan fingerprint density at radius 3 is 2.55 bits per heavy atom. The van der Waals surface area contributed by atoms with Gasteiger partial charge in [0.05, 0.1) is 32.4 Å². The number of hydrogen-bond acceptors (Lipinski definition) is 3. The molecule has 1 aliphatic heterocycles. The normalized spacial score (nSPS) is 17.4. The molecule has 0 radical (unpaired) electrons. The quantitative estimate of drug-likeness (QED) is 0.857. The van der Waals surface area contributed by atoms with Crippen molar-refractivity contribution in [1.82, 2.24) is 4.90 Å². The van der Waals surface area contributed by atoms with Gasteiger partial charge >= 0.3 is 0 Å². The van der Waals surface area contributed by atoms with Crippen molar-refractivity contribution < 1.29 is 19.2 Å². The van der Waals surface area contributed by atoms with Gasteiger partial charge < -0.3 is 19.3 Å². The van der Waals surface area contributed by atoms with E-state index in [2.05, 4.69) is 0 Å². The molecular weight excluding hydrogens is 280 g/mol. The summed E-state index contributed by atoms with van der Waals surface area (Å²) < 4.78 is 5.16. The Kier molecular flexibility index (Phi) is 4.56. The molecule has 1 atom stereocenters. The third-order valence-electron chi connectivity index (χ3n) is 4.16. The van der Waals surface area contributed by atoms with Gasteiger partial charge in [0.1, 0.15) is 12.6 Å². The monoisotopic (exact) mass is 301 g/mol. The van der Waals surface area contributed by atoms with Crippen molar-refractivity contribution in [3.8, 4) is 0 Å². The van der Waals surface area contributed by atoms with Crippen LogP contribution in [0.3, 0.4) is 0 Å². The Balaban J connectivity index is 1.51. The molecule has 1 aliphatic rings. The molecule has 116 valence electrons. The number of aliphatic hydroxyl groups excluding tert-OH is 1. The molecule has 1 aromatic heterocycles. The van der Waals surface area contributed by atoms with E-state index in [4.69, 9.17) is 4.42 Å². The van der Waals surface area contributed by atoms with Gasteiger partial charge in [-0.2, -0.15) is 0 Å². The second-order valence-electron chi connectivity index (χ2n) is 5.65. The van der Waals surface area contributed by atoms with E-state index in [9.17, 15) is 9.90 Å². The summed E-state index contributed by atoms with van der Waals surface area (Å²) in [5.74, 6) is 0.348. The van der Waals surface area contributed by atoms with Crippen LogP contribution in [0.1, 0.15) is 22.2 Å². The van der Waals surface area contributed by atoms with Crippen molar-refractivity contribution in [3.05, 3.63) is 60.1 Å². The highest BCUT2D eigenvalue weighted by molar-refractivity contribution is 5.91. The van der Waals surface area contributed by atoms with Gasteiger partial charge in [0.2, 0.25) is 0 Å². The third-order valence-corrected chi connectivity index (χ3v) is 4.16. The average molecular weight is 301 g/mol. The molecule has 1 aromatic carbocycles. The van der Waals surface area contributed by atoms with E-state index in [1.165, 1.54) is 11.2 Å². The van der Waals surface area contributed by atoms with Gasteiger partial charge in [-0.3, -0.25) is 4.79 Å². The second-order valence-corrected chi connectivity index (χ2v) is 5.65. The van der Waals surface area contributed by atoms with E-state index >= 15 is 0 Å². The fourth-order valence-corrected chi connectivity index (χ4v) is 2.85. The number of carbonyl (C=O) groups is 1. The lowest BCUT2D eigenvalue weighted by atomic mass is 10.1. The summed E-state index contributed by atoms with van der Waals surface area (Å²) in [6.45, 7) is 3.74. The summed E-state index contributed by atoms with van der Waals surface area (Å²) in [5, 5.41) is 10.3.